The second-order valence-electron chi connectivity index (χ2n) is 4.99. The summed E-state index contributed by atoms with van der Waals surface area (Å²) in [6, 6.07) is 7.53. The van der Waals surface area contributed by atoms with Gasteiger partial charge >= 0.3 is 5.97 Å². The van der Waals surface area contributed by atoms with Gasteiger partial charge < -0.3 is 5.11 Å². The van der Waals surface area contributed by atoms with Gasteiger partial charge in [0.1, 0.15) is 5.54 Å². The molecule has 0 aliphatic heterocycles. The van der Waals surface area contributed by atoms with Crippen molar-refractivity contribution in [2.75, 3.05) is 0 Å². The van der Waals surface area contributed by atoms with Gasteiger partial charge in [-0.2, -0.15) is 5.26 Å². The first-order valence-corrected chi connectivity index (χ1v) is 6.41. The van der Waals surface area contributed by atoms with Crippen LogP contribution in [-0.2, 0) is 11.3 Å². The molecule has 0 saturated carbocycles. The van der Waals surface area contributed by atoms with Crippen LogP contribution in [0.5, 0.6) is 0 Å². The van der Waals surface area contributed by atoms with Gasteiger partial charge in [0.2, 0.25) is 0 Å². The third-order valence-corrected chi connectivity index (χ3v) is 3.36. The molecule has 0 radical (unpaired) electrons. The number of nitrogens with one attached hydrogen (secondary N) is 1. The average Bonchev–Trinajstić information content (AvgIpc) is 2.37. The second-order valence-corrected chi connectivity index (χ2v) is 4.99. The quantitative estimate of drug-likeness (QED) is 0.824. The van der Waals surface area contributed by atoms with Crippen LogP contribution in [0.1, 0.15) is 43.4 Å². The Morgan fingerprint density at radius 1 is 1.53 bits per heavy atom. The zero-order chi connectivity index (χ0) is 14.5. The van der Waals surface area contributed by atoms with Crippen molar-refractivity contribution in [3.05, 3.63) is 34.9 Å². The van der Waals surface area contributed by atoms with E-state index in [1.807, 2.05) is 26.0 Å². The number of aryl methyl sites for hydroxylation is 1. The van der Waals surface area contributed by atoms with Crippen molar-refractivity contribution >= 4 is 5.97 Å². The zero-order valence-electron chi connectivity index (χ0n) is 11.7. The van der Waals surface area contributed by atoms with E-state index in [0.717, 1.165) is 17.5 Å². The van der Waals surface area contributed by atoms with E-state index in [-0.39, 0.29) is 0 Å². The summed E-state index contributed by atoms with van der Waals surface area (Å²) < 4.78 is 0. The van der Waals surface area contributed by atoms with Crippen LogP contribution in [0.15, 0.2) is 18.2 Å². The molecule has 4 heteroatoms. The highest BCUT2D eigenvalue weighted by Gasteiger charge is 2.31. The molecule has 1 rings (SSSR count). The van der Waals surface area contributed by atoms with Gasteiger partial charge in [-0.1, -0.05) is 19.4 Å². The van der Waals surface area contributed by atoms with Crippen LogP contribution in [0, 0.1) is 18.3 Å². The van der Waals surface area contributed by atoms with E-state index >= 15 is 0 Å². The third kappa shape index (κ3) is 3.80. The van der Waals surface area contributed by atoms with Gasteiger partial charge in [0.15, 0.2) is 0 Å². The number of carboxylic acid groups (broad SMARTS) is 1. The van der Waals surface area contributed by atoms with Crippen molar-refractivity contribution in [2.24, 2.45) is 0 Å². The lowest BCUT2D eigenvalue weighted by Crippen LogP contribution is -2.49. The van der Waals surface area contributed by atoms with E-state index in [1.54, 1.807) is 13.0 Å². The van der Waals surface area contributed by atoms with E-state index in [9.17, 15) is 9.90 Å². The number of aliphatic carboxylic acids is 1. The third-order valence-electron chi connectivity index (χ3n) is 3.36. The van der Waals surface area contributed by atoms with Crippen LogP contribution < -0.4 is 5.32 Å². The normalized spacial score (nSPS) is 13.6. The lowest BCUT2D eigenvalue weighted by molar-refractivity contribution is -0.144. The fraction of sp³-hybridized carbons (Fsp3) is 0.467. The predicted molar refractivity (Wildman–Crippen MR) is 73.7 cm³/mol. The molecule has 1 aromatic rings. The van der Waals surface area contributed by atoms with E-state index in [1.165, 1.54) is 0 Å². The second kappa shape index (κ2) is 6.35. The molecule has 1 aromatic carbocycles. The summed E-state index contributed by atoms with van der Waals surface area (Å²) in [5, 5.41) is 21.2. The van der Waals surface area contributed by atoms with Crippen molar-refractivity contribution in [1.82, 2.24) is 5.32 Å². The number of carboxylic acids is 1. The summed E-state index contributed by atoms with van der Waals surface area (Å²) in [5.41, 5.74) is 1.73. The summed E-state index contributed by atoms with van der Waals surface area (Å²) in [5.74, 6) is -0.833. The molecule has 0 aliphatic rings. The van der Waals surface area contributed by atoms with Crippen molar-refractivity contribution < 1.29 is 9.90 Å². The van der Waals surface area contributed by atoms with E-state index in [0.29, 0.717) is 18.5 Å². The monoisotopic (exact) mass is 260 g/mol. The van der Waals surface area contributed by atoms with Crippen LogP contribution in [0.4, 0.5) is 0 Å². The molecule has 0 aromatic heterocycles. The lowest BCUT2D eigenvalue weighted by atomic mass is 9.95. The first kappa shape index (κ1) is 15.2. The molecule has 0 spiro atoms. The summed E-state index contributed by atoms with van der Waals surface area (Å²) in [6.45, 7) is 6.09. The Kier molecular flexibility index (Phi) is 5.08. The molecule has 2 N–H and O–H groups in total. The Morgan fingerprint density at radius 3 is 2.68 bits per heavy atom. The van der Waals surface area contributed by atoms with Gasteiger partial charge in [-0.3, -0.25) is 10.1 Å². The van der Waals surface area contributed by atoms with E-state index in [2.05, 4.69) is 11.4 Å². The fourth-order valence-corrected chi connectivity index (χ4v) is 2.03. The molecule has 0 bridgehead atoms. The maximum absolute atomic E-state index is 11.3. The minimum Gasteiger partial charge on any atom is -0.480 e. The summed E-state index contributed by atoms with van der Waals surface area (Å²) in [7, 11) is 0. The maximum atomic E-state index is 11.3. The molecule has 0 saturated heterocycles. The van der Waals surface area contributed by atoms with Crippen LogP contribution in [0.25, 0.3) is 0 Å². The highest BCUT2D eigenvalue weighted by molar-refractivity contribution is 5.78. The molecular weight excluding hydrogens is 240 g/mol. The Bertz CT molecular complexity index is 505. The molecule has 1 atom stereocenters. The standard InChI is InChI=1S/C15H20N2O2/c1-4-7-15(3,14(18)19)17-10-13-6-5-12(9-16)8-11(13)2/h5-6,8,17H,4,7,10H2,1-3H3,(H,18,19). The van der Waals surface area contributed by atoms with Crippen molar-refractivity contribution in [3.8, 4) is 6.07 Å². The number of rotatable bonds is 6. The van der Waals surface area contributed by atoms with Gasteiger partial charge in [0.05, 0.1) is 11.6 Å². The summed E-state index contributed by atoms with van der Waals surface area (Å²) in [4.78, 5) is 11.3. The minimum atomic E-state index is -0.908. The Labute approximate surface area is 114 Å². The minimum absolute atomic E-state index is 0.486. The lowest BCUT2D eigenvalue weighted by Gasteiger charge is -2.26. The highest BCUT2D eigenvalue weighted by atomic mass is 16.4. The first-order valence-electron chi connectivity index (χ1n) is 6.41. The zero-order valence-corrected chi connectivity index (χ0v) is 11.7. The Morgan fingerprint density at radius 2 is 2.21 bits per heavy atom. The Hall–Kier alpha value is -1.86. The van der Waals surface area contributed by atoms with Crippen molar-refractivity contribution in [2.45, 2.75) is 45.7 Å². The van der Waals surface area contributed by atoms with Crippen molar-refractivity contribution in [1.29, 1.82) is 5.26 Å². The predicted octanol–water partition coefficient (Wildman–Crippen LogP) is 2.60. The number of benzene rings is 1. The van der Waals surface area contributed by atoms with Gasteiger partial charge in [-0.05, 0) is 43.5 Å². The van der Waals surface area contributed by atoms with E-state index in [4.69, 9.17) is 5.26 Å². The summed E-state index contributed by atoms with van der Waals surface area (Å²) in [6.07, 6.45) is 1.39. The molecule has 0 aliphatic carbocycles. The average molecular weight is 260 g/mol. The molecular formula is C15H20N2O2. The molecule has 0 heterocycles. The fourth-order valence-electron chi connectivity index (χ4n) is 2.03. The largest absolute Gasteiger partial charge is 0.480 e. The van der Waals surface area contributed by atoms with Crippen LogP contribution >= 0.6 is 0 Å². The number of nitriles is 1. The highest BCUT2D eigenvalue weighted by Crippen LogP contribution is 2.16. The summed E-state index contributed by atoms with van der Waals surface area (Å²) >= 11 is 0. The smallest absolute Gasteiger partial charge is 0.323 e. The molecule has 19 heavy (non-hydrogen) atoms. The van der Waals surface area contributed by atoms with Gasteiger partial charge in [0, 0.05) is 6.54 Å². The molecule has 0 fully saturated rings. The number of carbonyl (C=O) groups is 1. The number of hydrogen-bond acceptors (Lipinski definition) is 3. The van der Waals surface area contributed by atoms with Crippen LogP contribution in [0.2, 0.25) is 0 Å². The van der Waals surface area contributed by atoms with Gasteiger partial charge in [-0.15, -0.1) is 0 Å². The molecule has 0 amide bonds. The molecule has 4 nitrogen and oxygen atoms in total. The molecule has 102 valence electrons. The number of hydrogen-bond donors (Lipinski definition) is 2. The van der Waals surface area contributed by atoms with E-state index < -0.39 is 11.5 Å². The molecule has 1 unspecified atom stereocenters. The van der Waals surface area contributed by atoms with Crippen LogP contribution in [-0.4, -0.2) is 16.6 Å². The Balaban J connectivity index is 2.81. The van der Waals surface area contributed by atoms with Gasteiger partial charge in [-0.25, -0.2) is 0 Å². The first-order chi connectivity index (χ1) is 8.92. The van der Waals surface area contributed by atoms with Gasteiger partial charge in [0.25, 0.3) is 0 Å². The van der Waals surface area contributed by atoms with Crippen LogP contribution in [0.3, 0.4) is 0 Å². The number of nitrogens with zero attached hydrogens (tertiary/aromatic N) is 1. The topological polar surface area (TPSA) is 73.1 Å². The maximum Gasteiger partial charge on any atom is 0.323 e. The SMILES string of the molecule is CCCC(C)(NCc1ccc(C#N)cc1C)C(=O)O. The van der Waals surface area contributed by atoms with Crippen molar-refractivity contribution in [3.63, 3.8) is 0 Å².